The summed E-state index contributed by atoms with van der Waals surface area (Å²) in [7, 11) is 2.19. The van der Waals surface area contributed by atoms with Crippen molar-refractivity contribution in [2.45, 2.75) is 6.54 Å². The average molecular weight is 375 g/mol. The quantitative estimate of drug-likeness (QED) is 0.785. The zero-order valence-corrected chi connectivity index (χ0v) is 15.0. The Morgan fingerprint density at radius 2 is 1.74 bits per heavy atom. The lowest BCUT2D eigenvalue weighted by atomic mass is 10.1. The number of hydrogen-bond donors (Lipinski definition) is 2. The maximum absolute atomic E-state index is 3.61. The number of piperazine rings is 1. The normalized spacial score (nSPS) is 15.7. The molecule has 0 radical (unpaired) electrons. The van der Waals surface area contributed by atoms with Gasteiger partial charge in [0.15, 0.2) is 0 Å². The number of rotatable bonds is 5. The molecule has 0 amide bonds. The zero-order valence-electron chi connectivity index (χ0n) is 13.4. The summed E-state index contributed by atoms with van der Waals surface area (Å²) in [6.07, 6.45) is 0. The Morgan fingerprint density at radius 3 is 2.48 bits per heavy atom. The number of para-hydroxylation sites is 1. The summed E-state index contributed by atoms with van der Waals surface area (Å²) in [5, 5.41) is 0. The minimum Gasteiger partial charge on any atom is -0.369 e. The minimum absolute atomic E-state index is 0.782. The topological polar surface area (TPSA) is 30.5 Å². The van der Waals surface area contributed by atoms with Crippen molar-refractivity contribution in [2.75, 3.05) is 43.6 Å². The van der Waals surface area contributed by atoms with Gasteiger partial charge < -0.3 is 15.2 Å². The van der Waals surface area contributed by atoms with Crippen LogP contribution in [0.15, 0.2) is 53.0 Å². The molecule has 122 valence electrons. The second-order valence-electron chi connectivity index (χ2n) is 5.91. The summed E-state index contributed by atoms with van der Waals surface area (Å²) in [5.41, 5.74) is 10.3. The number of nitrogens with one attached hydrogen (secondary N) is 2. The molecule has 3 rings (SSSR count). The van der Waals surface area contributed by atoms with Gasteiger partial charge in [-0.2, -0.15) is 0 Å². The lowest BCUT2D eigenvalue weighted by Crippen LogP contribution is -2.45. The van der Waals surface area contributed by atoms with Crippen LogP contribution >= 0.6 is 15.9 Å². The molecule has 0 unspecified atom stereocenters. The van der Waals surface area contributed by atoms with E-state index in [1.165, 1.54) is 11.3 Å². The highest BCUT2D eigenvalue weighted by Crippen LogP contribution is 2.26. The van der Waals surface area contributed by atoms with Gasteiger partial charge in [-0.15, -0.1) is 0 Å². The smallest absolute Gasteiger partial charge is 0.0487 e. The van der Waals surface area contributed by atoms with E-state index in [4.69, 9.17) is 0 Å². The highest BCUT2D eigenvalue weighted by Gasteiger charge is 2.17. The third kappa shape index (κ3) is 4.47. The van der Waals surface area contributed by atoms with Crippen molar-refractivity contribution in [3.8, 4) is 0 Å². The summed E-state index contributed by atoms with van der Waals surface area (Å²) >= 11 is 3.61. The van der Waals surface area contributed by atoms with E-state index in [0.717, 1.165) is 42.9 Å². The van der Waals surface area contributed by atoms with E-state index in [9.17, 15) is 0 Å². The van der Waals surface area contributed by atoms with Crippen LogP contribution in [0.25, 0.3) is 0 Å². The number of nitrogens with zero attached hydrogens (tertiary/aromatic N) is 2. The molecule has 1 aliphatic rings. The predicted molar refractivity (Wildman–Crippen MR) is 101 cm³/mol. The van der Waals surface area contributed by atoms with Gasteiger partial charge in [0.05, 0.1) is 0 Å². The average Bonchev–Trinajstić information content (AvgIpc) is 2.58. The van der Waals surface area contributed by atoms with Crippen LogP contribution in [-0.2, 0) is 6.54 Å². The molecule has 1 fully saturated rings. The van der Waals surface area contributed by atoms with E-state index in [2.05, 4.69) is 74.0 Å². The fourth-order valence-corrected chi connectivity index (χ4v) is 3.14. The van der Waals surface area contributed by atoms with Crippen molar-refractivity contribution in [1.29, 1.82) is 0 Å². The number of hydrogen-bond acceptors (Lipinski definition) is 4. The second-order valence-corrected chi connectivity index (χ2v) is 6.82. The van der Waals surface area contributed by atoms with Crippen molar-refractivity contribution in [2.24, 2.45) is 0 Å². The Hall–Kier alpha value is -1.56. The van der Waals surface area contributed by atoms with Crippen molar-refractivity contribution >= 4 is 27.3 Å². The Labute approximate surface area is 146 Å². The molecule has 1 heterocycles. The Bertz CT molecular complexity index is 624. The van der Waals surface area contributed by atoms with Crippen LogP contribution in [0.2, 0.25) is 0 Å². The van der Waals surface area contributed by atoms with E-state index in [0.29, 0.717) is 0 Å². The highest BCUT2D eigenvalue weighted by atomic mass is 79.9. The monoisotopic (exact) mass is 374 g/mol. The van der Waals surface area contributed by atoms with Crippen LogP contribution < -0.4 is 15.8 Å². The molecular weight excluding hydrogens is 352 g/mol. The van der Waals surface area contributed by atoms with Gasteiger partial charge in [-0.3, -0.25) is 0 Å². The largest absolute Gasteiger partial charge is 0.369 e. The number of hydrazine groups is 1. The number of halogens is 1. The maximum atomic E-state index is 3.61. The summed E-state index contributed by atoms with van der Waals surface area (Å²) in [4.78, 5) is 4.85. The minimum atomic E-state index is 0.782. The van der Waals surface area contributed by atoms with Gasteiger partial charge >= 0.3 is 0 Å². The van der Waals surface area contributed by atoms with E-state index >= 15 is 0 Å². The van der Waals surface area contributed by atoms with Crippen molar-refractivity contribution in [3.05, 3.63) is 58.6 Å². The molecule has 4 nitrogen and oxygen atoms in total. The molecule has 2 aromatic carbocycles. The molecule has 1 saturated heterocycles. The highest BCUT2D eigenvalue weighted by molar-refractivity contribution is 9.10. The Kier molecular flexibility index (Phi) is 5.54. The SMILES string of the molecule is CN1CCN(c2cc(Br)ccc2CNNc2ccccc2)CC1. The standard InChI is InChI=1S/C18H23BrN4/c1-22-9-11-23(12-10-22)18-13-16(19)8-7-15(18)14-20-21-17-5-3-2-4-6-17/h2-8,13,20-21H,9-12,14H2,1H3. The third-order valence-electron chi connectivity index (χ3n) is 4.18. The van der Waals surface area contributed by atoms with E-state index in [-0.39, 0.29) is 0 Å². The van der Waals surface area contributed by atoms with Crippen molar-refractivity contribution in [3.63, 3.8) is 0 Å². The molecule has 0 aliphatic carbocycles. The van der Waals surface area contributed by atoms with Gasteiger partial charge in [0.25, 0.3) is 0 Å². The first-order valence-corrected chi connectivity index (χ1v) is 8.77. The number of likely N-dealkylation sites (N-methyl/N-ethyl adjacent to an activating group) is 1. The van der Waals surface area contributed by atoms with Crippen LogP contribution in [0, 0.1) is 0 Å². The van der Waals surface area contributed by atoms with E-state index in [1.54, 1.807) is 0 Å². The lowest BCUT2D eigenvalue weighted by Gasteiger charge is -2.35. The number of benzene rings is 2. The Balaban J connectivity index is 1.66. The molecule has 0 bridgehead atoms. The predicted octanol–water partition coefficient (Wildman–Crippen LogP) is 3.32. The van der Waals surface area contributed by atoms with Crippen molar-refractivity contribution < 1.29 is 0 Å². The number of anilines is 2. The molecule has 2 aromatic rings. The van der Waals surface area contributed by atoms with Crippen LogP contribution in [0.5, 0.6) is 0 Å². The van der Waals surface area contributed by atoms with Gasteiger partial charge in [-0.25, -0.2) is 5.43 Å². The van der Waals surface area contributed by atoms with Crippen LogP contribution in [0.4, 0.5) is 11.4 Å². The molecule has 5 heteroatoms. The summed E-state index contributed by atoms with van der Waals surface area (Å²) in [6.45, 7) is 5.16. The van der Waals surface area contributed by atoms with Gasteiger partial charge in [0, 0.05) is 48.6 Å². The first-order valence-electron chi connectivity index (χ1n) is 7.98. The van der Waals surface area contributed by atoms with Gasteiger partial charge in [0.2, 0.25) is 0 Å². The zero-order chi connectivity index (χ0) is 16.1. The fourth-order valence-electron chi connectivity index (χ4n) is 2.79. The fraction of sp³-hybridized carbons (Fsp3) is 0.333. The van der Waals surface area contributed by atoms with E-state index < -0.39 is 0 Å². The second kappa shape index (κ2) is 7.81. The van der Waals surface area contributed by atoms with Gasteiger partial charge in [-0.1, -0.05) is 40.2 Å². The van der Waals surface area contributed by atoms with Gasteiger partial charge in [0.1, 0.15) is 0 Å². The summed E-state index contributed by atoms with van der Waals surface area (Å²) in [5.74, 6) is 0. The summed E-state index contributed by atoms with van der Waals surface area (Å²) < 4.78 is 1.13. The molecule has 0 saturated carbocycles. The molecule has 2 N–H and O–H groups in total. The molecule has 0 aromatic heterocycles. The van der Waals surface area contributed by atoms with Crippen LogP contribution in [0.3, 0.4) is 0 Å². The van der Waals surface area contributed by atoms with Crippen LogP contribution in [-0.4, -0.2) is 38.1 Å². The lowest BCUT2D eigenvalue weighted by molar-refractivity contribution is 0.312. The molecule has 0 spiro atoms. The van der Waals surface area contributed by atoms with Gasteiger partial charge in [-0.05, 0) is 36.9 Å². The molecule has 0 atom stereocenters. The summed E-state index contributed by atoms with van der Waals surface area (Å²) in [6, 6.07) is 16.7. The first kappa shape index (κ1) is 16.3. The molecule has 23 heavy (non-hydrogen) atoms. The third-order valence-corrected chi connectivity index (χ3v) is 4.67. The maximum Gasteiger partial charge on any atom is 0.0487 e. The first-order chi connectivity index (χ1) is 11.2. The Morgan fingerprint density at radius 1 is 1.00 bits per heavy atom. The molecular formula is C18H23BrN4. The van der Waals surface area contributed by atoms with E-state index in [1.807, 2.05) is 18.2 Å². The van der Waals surface area contributed by atoms with Crippen LogP contribution in [0.1, 0.15) is 5.56 Å². The van der Waals surface area contributed by atoms with Crippen molar-refractivity contribution in [1.82, 2.24) is 10.3 Å². The molecule has 1 aliphatic heterocycles.